The van der Waals surface area contributed by atoms with E-state index in [1.165, 1.54) is 6.07 Å². The van der Waals surface area contributed by atoms with Crippen molar-refractivity contribution in [2.24, 2.45) is 0 Å². The monoisotopic (exact) mass is 476 g/mol. The van der Waals surface area contributed by atoms with E-state index in [0.717, 1.165) is 37.1 Å². The van der Waals surface area contributed by atoms with Crippen LogP contribution < -0.4 is 9.64 Å². The van der Waals surface area contributed by atoms with Gasteiger partial charge in [-0.05, 0) is 50.5 Å². The number of carbonyl (C=O) groups is 1. The number of hydrogen-bond acceptors (Lipinski definition) is 6. The number of pyridine rings is 1. The second-order valence-corrected chi connectivity index (χ2v) is 9.25. The summed E-state index contributed by atoms with van der Waals surface area (Å²) in [4.78, 5) is 19.0. The molecule has 9 heteroatoms. The van der Waals surface area contributed by atoms with Crippen LogP contribution in [0.1, 0.15) is 60.0 Å². The molecule has 5 rings (SSSR count). The van der Waals surface area contributed by atoms with Crippen molar-refractivity contribution >= 4 is 11.8 Å². The molecule has 3 fully saturated rings. The van der Waals surface area contributed by atoms with Gasteiger partial charge >= 0.3 is 12.1 Å². The van der Waals surface area contributed by atoms with E-state index >= 15 is 0 Å². The molecule has 182 valence electrons. The maximum atomic E-state index is 12.9. The molecule has 0 amide bonds. The summed E-state index contributed by atoms with van der Waals surface area (Å²) in [6, 6.07) is 8.25. The Morgan fingerprint density at radius 3 is 2.50 bits per heavy atom. The number of anilines is 1. The normalized spacial score (nSPS) is 26.5. The lowest BCUT2D eigenvalue weighted by atomic mass is 9.99. The van der Waals surface area contributed by atoms with Gasteiger partial charge in [0.2, 0.25) is 6.29 Å². The molecule has 3 aliphatic rings. The Morgan fingerprint density at radius 1 is 1.12 bits per heavy atom. The highest BCUT2D eigenvalue weighted by atomic mass is 19.4. The number of fused-ring (bicyclic) bond motifs is 2. The average Bonchev–Trinajstić information content (AvgIpc) is 3.40. The first-order chi connectivity index (χ1) is 16.3. The van der Waals surface area contributed by atoms with Crippen LogP contribution in [-0.4, -0.2) is 42.0 Å². The van der Waals surface area contributed by atoms with Crippen molar-refractivity contribution in [2.45, 2.75) is 76.1 Å². The Bertz CT molecular complexity index is 1020. The number of alkyl halides is 3. The van der Waals surface area contributed by atoms with Crippen LogP contribution in [0.2, 0.25) is 0 Å². The molecule has 34 heavy (non-hydrogen) atoms. The lowest BCUT2D eigenvalue weighted by Gasteiger charge is -2.40. The topological polar surface area (TPSA) is 60.9 Å². The number of benzene rings is 1. The zero-order valence-corrected chi connectivity index (χ0v) is 18.9. The fourth-order valence-electron chi connectivity index (χ4n) is 5.21. The zero-order valence-electron chi connectivity index (χ0n) is 18.9. The highest BCUT2D eigenvalue weighted by Crippen LogP contribution is 2.41. The first-order valence-corrected chi connectivity index (χ1v) is 11.7. The fourth-order valence-corrected chi connectivity index (χ4v) is 5.21. The number of nitrogens with zero attached hydrogens (tertiary/aromatic N) is 2. The standard InChI is InChI=1S/C25H27F3N2O4/c1-15-4-8-21(20(11-15)24(31)34-23-3-2-10-32-23)33-19-12-17-6-7-18(13-19)30(17)22-9-5-16(14-29-22)25(26,27)28/h4-5,8-9,11,14,17-19,23H,2-3,6-7,10,12-13H2,1H3/t17-,18+,19?,23?. The van der Waals surface area contributed by atoms with Crippen molar-refractivity contribution in [3.63, 3.8) is 0 Å². The first kappa shape index (κ1) is 23.0. The van der Waals surface area contributed by atoms with Crippen molar-refractivity contribution in [1.29, 1.82) is 0 Å². The number of halogens is 3. The average molecular weight is 476 g/mol. The van der Waals surface area contributed by atoms with Gasteiger partial charge in [0.05, 0.1) is 12.2 Å². The van der Waals surface area contributed by atoms with Crippen LogP contribution >= 0.6 is 0 Å². The SMILES string of the molecule is Cc1ccc(OC2C[C@H]3CC[C@@H](C2)N3c2ccc(C(F)(F)F)cn2)c(C(=O)OC2CCCO2)c1. The van der Waals surface area contributed by atoms with E-state index in [0.29, 0.717) is 43.0 Å². The number of piperidine rings is 1. The maximum Gasteiger partial charge on any atom is 0.417 e. The van der Waals surface area contributed by atoms with Gasteiger partial charge in [-0.15, -0.1) is 0 Å². The minimum Gasteiger partial charge on any atom is -0.489 e. The third-order valence-corrected chi connectivity index (χ3v) is 6.80. The van der Waals surface area contributed by atoms with E-state index in [4.69, 9.17) is 14.2 Å². The Balaban J connectivity index is 1.28. The highest BCUT2D eigenvalue weighted by Gasteiger charge is 2.43. The zero-order chi connectivity index (χ0) is 23.9. The molecule has 1 aromatic carbocycles. The van der Waals surface area contributed by atoms with Gasteiger partial charge in [0.15, 0.2) is 0 Å². The van der Waals surface area contributed by atoms with Crippen LogP contribution in [0, 0.1) is 6.92 Å². The summed E-state index contributed by atoms with van der Waals surface area (Å²) < 4.78 is 56.0. The van der Waals surface area contributed by atoms with Crippen molar-refractivity contribution in [1.82, 2.24) is 4.98 Å². The van der Waals surface area contributed by atoms with Crippen LogP contribution in [0.3, 0.4) is 0 Å². The third kappa shape index (κ3) is 4.71. The van der Waals surface area contributed by atoms with E-state index in [-0.39, 0.29) is 18.2 Å². The van der Waals surface area contributed by atoms with E-state index in [9.17, 15) is 18.0 Å². The predicted octanol–water partition coefficient (Wildman–Crippen LogP) is 5.28. The molecule has 2 unspecified atom stereocenters. The van der Waals surface area contributed by atoms with Crippen LogP contribution in [-0.2, 0) is 15.7 Å². The summed E-state index contributed by atoms with van der Waals surface area (Å²) in [6.45, 7) is 2.49. The van der Waals surface area contributed by atoms with E-state index in [1.54, 1.807) is 12.1 Å². The second kappa shape index (κ2) is 9.09. The number of rotatable bonds is 5. The molecule has 0 spiro atoms. The van der Waals surface area contributed by atoms with Crippen molar-refractivity contribution in [2.75, 3.05) is 11.5 Å². The lowest BCUT2D eigenvalue weighted by Crippen LogP contribution is -2.47. The van der Waals surface area contributed by atoms with E-state index in [2.05, 4.69) is 9.88 Å². The Morgan fingerprint density at radius 2 is 1.88 bits per heavy atom. The van der Waals surface area contributed by atoms with Crippen molar-refractivity contribution in [3.05, 3.63) is 53.2 Å². The molecular weight excluding hydrogens is 449 g/mol. The van der Waals surface area contributed by atoms with E-state index < -0.39 is 24.0 Å². The fraction of sp³-hybridized carbons (Fsp3) is 0.520. The summed E-state index contributed by atoms with van der Waals surface area (Å²) in [5.74, 6) is 0.592. The van der Waals surface area contributed by atoms with Gasteiger partial charge in [-0.1, -0.05) is 11.6 Å². The van der Waals surface area contributed by atoms with Gasteiger partial charge in [-0.25, -0.2) is 9.78 Å². The summed E-state index contributed by atoms with van der Waals surface area (Å²) in [5.41, 5.74) is 0.563. The van der Waals surface area contributed by atoms with Crippen molar-refractivity contribution < 1.29 is 32.2 Å². The molecule has 0 N–H and O–H groups in total. The van der Waals surface area contributed by atoms with Crippen LogP contribution in [0.25, 0.3) is 0 Å². The molecule has 4 atom stereocenters. The Labute approximate surface area is 196 Å². The Hall–Kier alpha value is -2.81. The summed E-state index contributed by atoms with van der Waals surface area (Å²) in [5, 5.41) is 0. The molecule has 1 aromatic heterocycles. The molecule has 0 aliphatic carbocycles. The number of carbonyl (C=O) groups excluding carboxylic acids is 1. The number of aromatic nitrogens is 1. The molecule has 4 heterocycles. The lowest BCUT2D eigenvalue weighted by molar-refractivity contribution is -0.137. The third-order valence-electron chi connectivity index (χ3n) is 6.80. The van der Waals surface area contributed by atoms with Gasteiger partial charge in [-0.2, -0.15) is 13.2 Å². The van der Waals surface area contributed by atoms with Gasteiger partial charge in [-0.3, -0.25) is 0 Å². The van der Waals surface area contributed by atoms with Gasteiger partial charge < -0.3 is 19.1 Å². The smallest absolute Gasteiger partial charge is 0.417 e. The Kier molecular flexibility index (Phi) is 6.14. The highest BCUT2D eigenvalue weighted by molar-refractivity contribution is 5.92. The van der Waals surface area contributed by atoms with Gasteiger partial charge in [0.25, 0.3) is 0 Å². The molecule has 6 nitrogen and oxygen atoms in total. The summed E-state index contributed by atoms with van der Waals surface area (Å²) >= 11 is 0. The maximum absolute atomic E-state index is 12.9. The molecule has 2 aromatic rings. The molecule has 3 saturated heterocycles. The summed E-state index contributed by atoms with van der Waals surface area (Å²) in [7, 11) is 0. The van der Waals surface area contributed by atoms with Crippen LogP contribution in [0.15, 0.2) is 36.5 Å². The van der Waals surface area contributed by atoms with Gasteiger partial charge in [0.1, 0.15) is 23.2 Å². The first-order valence-electron chi connectivity index (χ1n) is 11.7. The quantitative estimate of drug-likeness (QED) is 0.547. The number of esters is 1. The predicted molar refractivity (Wildman–Crippen MR) is 118 cm³/mol. The van der Waals surface area contributed by atoms with Gasteiger partial charge in [0, 0.05) is 37.5 Å². The minimum atomic E-state index is -4.40. The van der Waals surface area contributed by atoms with E-state index in [1.807, 2.05) is 13.0 Å². The number of ether oxygens (including phenoxy) is 3. The van der Waals surface area contributed by atoms with Crippen molar-refractivity contribution in [3.8, 4) is 5.75 Å². The number of hydrogen-bond donors (Lipinski definition) is 0. The number of aryl methyl sites for hydroxylation is 1. The molecular formula is C25H27F3N2O4. The van der Waals surface area contributed by atoms with Crippen LogP contribution in [0.5, 0.6) is 5.75 Å². The molecule has 0 radical (unpaired) electrons. The largest absolute Gasteiger partial charge is 0.489 e. The molecule has 0 saturated carbocycles. The summed E-state index contributed by atoms with van der Waals surface area (Å²) in [6.07, 6.45) is 0.677. The minimum absolute atomic E-state index is 0.111. The second-order valence-electron chi connectivity index (χ2n) is 9.25. The molecule has 3 aliphatic heterocycles. The van der Waals surface area contributed by atoms with Crippen LogP contribution in [0.4, 0.5) is 19.0 Å². The molecule has 2 bridgehead atoms.